The predicted octanol–water partition coefficient (Wildman–Crippen LogP) is 5.34. The van der Waals surface area contributed by atoms with Crippen molar-refractivity contribution in [3.05, 3.63) is 71.4 Å². The number of ether oxygens (including phenoxy) is 1. The molecule has 2 heterocycles. The van der Waals surface area contributed by atoms with Crippen molar-refractivity contribution in [1.29, 1.82) is 0 Å². The Morgan fingerprint density at radius 2 is 1.86 bits per heavy atom. The van der Waals surface area contributed by atoms with Crippen LogP contribution in [-0.4, -0.2) is 22.4 Å². The lowest BCUT2D eigenvalue weighted by atomic mass is 10.1. The van der Waals surface area contributed by atoms with Gasteiger partial charge in [0, 0.05) is 17.1 Å². The Balaban J connectivity index is 1.65. The van der Waals surface area contributed by atoms with Gasteiger partial charge in [-0.25, -0.2) is 4.98 Å². The number of halogens is 3. The van der Waals surface area contributed by atoms with Gasteiger partial charge in [-0.1, -0.05) is 12.1 Å². The monoisotopic (exact) mass is 417 g/mol. The first-order valence-corrected chi connectivity index (χ1v) is 9.33. The van der Waals surface area contributed by atoms with Gasteiger partial charge in [-0.3, -0.25) is 9.20 Å². The van der Waals surface area contributed by atoms with Gasteiger partial charge in [0.25, 0.3) is 5.91 Å². The van der Waals surface area contributed by atoms with Crippen LogP contribution in [0.3, 0.4) is 0 Å². The third-order valence-electron chi connectivity index (χ3n) is 4.31. The number of alkyl halides is 3. The smallest absolute Gasteiger partial charge is 0.418 e. The predicted molar refractivity (Wildman–Crippen MR) is 104 cm³/mol. The summed E-state index contributed by atoms with van der Waals surface area (Å²) in [6.45, 7) is 0. The Bertz CT molecular complexity index is 1180. The number of benzene rings is 2. The number of nitrogens with one attached hydrogen (secondary N) is 1. The van der Waals surface area contributed by atoms with Gasteiger partial charge < -0.3 is 10.1 Å². The SMILES string of the molecule is COc1ccc(-c2cn3c(C(=O)Nc4ccccc4C(F)(F)F)csc3n2)cc1. The highest BCUT2D eigenvalue weighted by atomic mass is 32.1. The highest BCUT2D eigenvalue weighted by Crippen LogP contribution is 2.35. The molecule has 0 atom stereocenters. The molecular weight excluding hydrogens is 403 g/mol. The molecule has 2 aromatic carbocycles. The summed E-state index contributed by atoms with van der Waals surface area (Å²) in [5.74, 6) is 0.0600. The average Bonchev–Trinajstić information content (AvgIpc) is 3.28. The number of hydrogen-bond donors (Lipinski definition) is 1. The minimum atomic E-state index is -4.57. The molecule has 0 radical (unpaired) electrons. The van der Waals surface area contributed by atoms with E-state index >= 15 is 0 Å². The van der Waals surface area contributed by atoms with Crippen LogP contribution in [0.1, 0.15) is 16.1 Å². The molecule has 0 saturated heterocycles. The number of imidazole rings is 1. The van der Waals surface area contributed by atoms with Crippen molar-refractivity contribution in [2.24, 2.45) is 0 Å². The van der Waals surface area contributed by atoms with Crippen LogP contribution >= 0.6 is 11.3 Å². The molecule has 0 fully saturated rings. The van der Waals surface area contributed by atoms with E-state index in [1.165, 1.54) is 29.5 Å². The maximum Gasteiger partial charge on any atom is 0.418 e. The van der Waals surface area contributed by atoms with Gasteiger partial charge in [0.05, 0.1) is 24.1 Å². The number of carbonyl (C=O) groups excluding carboxylic acids is 1. The van der Waals surface area contributed by atoms with E-state index < -0.39 is 17.6 Å². The van der Waals surface area contributed by atoms with E-state index in [9.17, 15) is 18.0 Å². The lowest BCUT2D eigenvalue weighted by Gasteiger charge is -2.13. The van der Waals surface area contributed by atoms with E-state index in [1.54, 1.807) is 35.2 Å². The minimum Gasteiger partial charge on any atom is -0.497 e. The van der Waals surface area contributed by atoms with Crippen molar-refractivity contribution in [2.75, 3.05) is 12.4 Å². The van der Waals surface area contributed by atoms with E-state index in [4.69, 9.17) is 4.74 Å². The van der Waals surface area contributed by atoms with Gasteiger partial charge in [-0.15, -0.1) is 11.3 Å². The molecule has 9 heteroatoms. The normalized spacial score (nSPS) is 11.6. The molecule has 0 unspecified atom stereocenters. The third kappa shape index (κ3) is 3.68. The molecule has 0 aliphatic rings. The number of rotatable bonds is 4. The maximum absolute atomic E-state index is 13.2. The molecular formula is C20H14F3N3O2S. The summed E-state index contributed by atoms with van der Waals surface area (Å²) >= 11 is 1.23. The molecule has 148 valence electrons. The number of fused-ring (bicyclic) bond motifs is 1. The van der Waals surface area contributed by atoms with Crippen LogP contribution in [0.25, 0.3) is 16.2 Å². The first kappa shape index (κ1) is 19.0. The topological polar surface area (TPSA) is 55.6 Å². The molecule has 4 rings (SSSR count). The fraction of sp³-hybridized carbons (Fsp3) is 0.100. The molecule has 2 aromatic heterocycles. The molecule has 1 amide bonds. The molecule has 5 nitrogen and oxygen atoms in total. The van der Waals surface area contributed by atoms with Crippen molar-refractivity contribution in [2.45, 2.75) is 6.18 Å². The van der Waals surface area contributed by atoms with E-state index in [1.807, 2.05) is 12.1 Å². The number of methoxy groups -OCH3 is 1. The second-order valence-corrected chi connectivity index (χ2v) is 6.96. The average molecular weight is 417 g/mol. The van der Waals surface area contributed by atoms with Crippen molar-refractivity contribution in [1.82, 2.24) is 9.38 Å². The summed E-state index contributed by atoms with van der Waals surface area (Å²) in [5, 5.41) is 3.92. The third-order valence-corrected chi connectivity index (χ3v) is 5.15. The fourth-order valence-electron chi connectivity index (χ4n) is 2.87. The summed E-state index contributed by atoms with van der Waals surface area (Å²) in [6.07, 6.45) is -2.89. The van der Waals surface area contributed by atoms with Crippen LogP contribution in [-0.2, 0) is 6.18 Å². The zero-order valence-electron chi connectivity index (χ0n) is 15.0. The Labute approximate surface area is 167 Å². The molecule has 0 aliphatic carbocycles. The first-order valence-electron chi connectivity index (χ1n) is 8.45. The van der Waals surface area contributed by atoms with E-state index in [2.05, 4.69) is 10.3 Å². The minimum absolute atomic E-state index is 0.203. The largest absolute Gasteiger partial charge is 0.497 e. The molecule has 4 aromatic rings. The summed E-state index contributed by atoms with van der Waals surface area (Å²) < 4.78 is 46.2. The van der Waals surface area contributed by atoms with E-state index in [0.717, 1.165) is 11.6 Å². The van der Waals surface area contributed by atoms with Crippen molar-refractivity contribution < 1.29 is 22.7 Å². The number of aromatic nitrogens is 2. The quantitative estimate of drug-likeness (QED) is 0.488. The molecule has 0 aliphatic heterocycles. The number of carbonyl (C=O) groups is 1. The van der Waals surface area contributed by atoms with E-state index in [0.29, 0.717) is 16.4 Å². The standard InChI is InChI=1S/C20H14F3N3O2S/c1-28-13-8-6-12(7-9-13)16-10-26-17(11-29-19(26)25-16)18(27)24-15-5-3-2-4-14(15)20(21,22)23/h2-11H,1H3,(H,24,27). The molecule has 1 N–H and O–H groups in total. The van der Waals surface area contributed by atoms with Gasteiger partial charge in [0.1, 0.15) is 11.4 Å². The Hall–Kier alpha value is -3.33. The molecule has 0 bridgehead atoms. The lowest BCUT2D eigenvalue weighted by Crippen LogP contribution is -2.17. The van der Waals surface area contributed by atoms with Gasteiger partial charge >= 0.3 is 6.18 Å². The Morgan fingerprint density at radius 3 is 2.55 bits per heavy atom. The highest BCUT2D eigenvalue weighted by Gasteiger charge is 2.33. The van der Waals surface area contributed by atoms with Crippen LogP contribution in [0.15, 0.2) is 60.1 Å². The molecule has 0 saturated carbocycles. The zero-order chi connectivity index (χ0) is 20.6. The van der Waals surface area contributed by atoms with Gasteiger partial charge in [0.15, 0.2) is 4.96 Å². The number of nitrogens with zero attached hydrogens (tertiary/aromatic N) is 2. The summed E-state index contributed by atoms with van der Waals surface area (Å²) in [4.78, 5) is 17.7. The first-order chi connectivity index (χ1) is 13.9. The van der Waals surface area contributed by atoms with Gasteiger partial charge in [-0.05, 0) is 36.4 Å². The fourth-order valence-corrected chi connectivity index (χ4v) is 3.73. The zero-order valence-corrected chi connectivity index (χ0v) is 15.8. The Kier molecular flexibility index (Phi) is 4.75. The molecule has 0 spiro atoms. The summed E-state index contributed by atoms with van der Waals surface area (Å²) in [7, 11) is 1.57. The lowest BCUT2D eigenvalue weighted by molar-refractivity contribution is -0.136. The van der Waals surface area contributed by atoms with Crippen LogP contribution in [0.2, 0.25) is 0 Å². The van der Waals surface area contributed by atoms with Gasteiger partial charge in [-0.2, -0.15) is 13.2 Å². The van der Waals surface area contributed by atoms with Crippen LogP contribution < -0.4 is 10.1 Å². The van der Waals surface area contributed by atoms with Crippen molar-refractivity contribution in [3.8, 4) is 17.0 Å². The van der Waals surface area contributed by atoms with Gasteiger partial charge in [0.2, 0.25) is 0 Å². The maximum atomic E-state index is 13.2. The number of thiazole rings is 1. The highest BCUT2D eigenvalue weighted by molar-refractivity contribution is 7.15. The van der Waals surface area contributed by atoms with Crippen LogP contribution in [0.4, 0.5) is 18.9 Å². The number of para-hydroxylation sites is 1. The number of anilines is 1. The summed E-state index contributed by atoms with van der Waals surface area (Å²) in [6, 6.07) is 12.1. The number of hydrogen-bond acceptors (Lipinski definition) is 4. The second kappa shape index (κ2) is 7.25. The van der Waals surface area contributed by atoms with Crippen LogP contribution in [0, 0.1) is 0 Å². The van der Waals surface area contributed by atoms with Crippen molar-refractivity contribution in [3.63, 3.8) is 0 Å². The Morgan fingerprint density at radius 1 is 1.14 bits per heavy atom. The van der Waals surface area contributed by atoms with Crippen molar-refractivity contribution >= 4 is 27.9 Å². The number of amides is 1. The summed E-state index contributed by atoms with van der Waals surface area (Å²) in [5.41, 5.74) is 0.484. The van der Waals surface area contributed by atoms with E-state index in [-0.39, 0.29) is 11.4 Å². The molecule has 29 heavy (non-hydrogen) atoms. The van der Waals surface area contributed by atoms with Crippen LogP contribution in [0.5, 0.6) is 5.75 Å². The second-order valence-electron chi connectivity index (χ2n) is 6.13.